The van der Waals surface area contributed by atoms with Crippen LogP contribution in [0.25, 0.3) is 0 Å². The molecule has 1 unspecified atom stereocenters. The van der Waals surface area contributed by atoms with Crippen LogP contribution in [0.15, 0.2) is 18.2 Å². The predicted molar refractivity (Wildman–Crippen MR) is 54.0 cm³/mol. The third-order valence-corrected chi connectivity index (χ3v) is 2.55. The molecular formula is C11H12F5N. The number of hydrogen-bond donors (Lipinski definition) is 1. The lowest BCUT2D eigenvalue weighted by atomic mass is 9.93. The Morgan fingerprint density at radius 3 is 2.18 bits per heavy atom. The maximum absolute atomic E-state index is 12.6. The van der Waals surface area contributed by atoms with Crippen molar-refractivity contribution in [2.24, 2.45) is 5.73 Å². The van der Waals surface area contributed by atoms with E-state index in [1.54, 1.807) is 0 Å². The normalized spacial score (nSPS) is 14.1. The molecule has 1 atom stereocenters. The number of aryl methyl sites for hydroxylation is 1. The van der Waals surface area contributed by atoms with E-state index < -0.39 is 24.1 Å². The summed E-state index contributed by atoms with van der Waals surface area (Å²) in [7, 11) is 0. The van der Waals surface area contributed by atoms with Gasteiger partial charge in [-0.15, -0.1) is 0 Å². The summed E-state index contributed by atoms with van der Waals surface area (Å²) >= 11 is 0. The standard InChI is InChI=1S/C11H12F5N/c1-6-4-7(11(14,15)16)2-3-8(6)9(5-17)10(12)13/h2-4,9-10H,5,17H2,1H3. The van der Waals surface area contributed by atoms with Crippen LogP contribution >= 0.6 is 0 Å². The zero-order valence-corrected chi connectivity index (χ0v) is 9.06. The first kappa shape index (κ1) is 13.9. The number of hydrogen-bond acceptors (Lipinski definition) is 1. The molecule has 1 nitrogen and oxygen atoms in total. The van der Waals surface area contributed by atoms with E-state index in [9.17, 15) is 22.0 Å². The van der Waals surface area contributed by atoms with Gasteiger partial charge in [-0.2, -0.15) is 13.2 Å². The maximum Gasteiger partial charge on any atom is 0.416 e. The zero-order valence-electron chi connectivity index (χ0n) is 9.06. The van der Waals surface area contributed by atoms with Crippen molar-refractivity contribution in [2.75, 3.05) is 6.54 Å². The minimum atomic E-state index is -4.47. The lowest BCUT2D eigenvalue weighted by Crippen LogP contribution is -2.21. The van der Waals surface area contributed by atoms with E-state index in [1.165, 1.54) is 6.92 Å². The first-order chi connectivity index (χ1) is 7.77. The highest BCUT2D eigenvalue weighted by molar-refractivity contribution is 5.35. The molecule has 96 valence electrons. The molecule has 0 aliphatic rings. The summed E-state index contributed by atoms with van der Waals surface area (Å²) in [6, 6.07) is 2.73. The number of halogens is 5. The summed E-state index contributed by atoms with van der Waals surface area (Å²) in [6.45, 7) is 1.07. The van der Waals surface area contributed by atoms with Gasteiger partial charge in [0, 0.05) is 6.54 Å². The van der Waals surface area contributed by atoms with Gasteiger partial charge in [0.15, 0.2) is 0 Å². The molecule has 1 rings (SSSR count). The van der Waals surface area contributed by atoms with Crippen LogP contribution in [-0.2, 0) is 6.18 Å². The third-order valence-electron chi connectivity index (χ3n) is 2.55. The molecule has 17 heavy (non-hydrogen) atoms. The second-order valence-electron chi connectivity index (χ2n) is 3.75. The first-order valence-corrected chi connectivity index (χ1v) is 4.93. The maximum atomic E-state index is 12.6. The summed E-state index contributed by atoms with van der Waals surface area (Å²) in [4.78, 5) is 0. The Balaban J connectivity index is 3.13. The topological polar surface area (TPSA) is 26.0 Å². The summed E-state index contributed by atoms with van der Waals surface area (Å²) in [5, 5.41) is 0. The van der Waals surface area contributed by atoms with E-state index in [0.29, 0.717) is 0 Å². The van der Waals surface area contributed by atoms with Crippen molar-refractivity contribution >= 4 is 0 Å². The van der Waals surface area contributed by atoms with Crippen molar-refractivity contribution in [3.63, 3.8) is 0 Å². The first-order valence-electron chi connectivity index (χ1n) is 4.93. The Kier molecular flexibility index (Phi) is 4.08. The molecule has 0 fully saturated rings. The Morgan fingerprint density at radius 2 is 1.82 bits per heavy atom. The van der Waals surface area contributed by atoms with E-state index in [1.807, 2.05) is 0 Å². The number of rotatable bonds is 3. The van der Waals surface area contributed by atoms with Crippen LogP contribution in [0.4, 0.5) is 22.0 Å². The van der Waals surface area contributed by atoms with Gasteiger partial charge in [-0.25, -0.2) is 8.78 Å². The fourth-order valence-corrected chi connectivity index (χ4v) is 1.63. The van der Waals surface area contributed by atoms with Gasteiger partial charge in [-0.05, 0) is 30.2 Å². The average molecular weight is 253 g/mol. The van der Waals surface area contributed by atoms with Crippen LogP contribution in [-0.4, -0.2) is 13.0 Å². The smallest absolute Gasteiger partial charge is 0.330 e. The molecule has 0 bridgehead atoms. The van der Waals surface area contributed by atoms with Crippen LogP contribution in [0.3, 0.4) is 0 Å². The molecule has 0 heterocycles. The van der Waals surface area contributed by atoms with Gasteiger partial charge in [-0.1, -0.05) is 6.07 Å². The largest absolute Gasteiger partial charge is 0.416 e. The number of nitrogens with two attached hydrogens (primary N) is 1. The Hall–Kier alpha value is -1.17. The molecule has 0 saturated carbocycles. The van der Waals surface area contributed by atoms with Gasteiger partial charge in [0.2, 0.25) is 6.43 Å². The number of alkyl halides is 5. The van der Waals surface area contributed by atoms with E-state index in [2.05, 4.69) is 0 Å². The molecule has 0 radical (unpaired) electrons. The molecule has 0 aliphatic heterocycles. The van der Waals surface area contributed by atoms with Crippen LogP contribution in [0.5, 0.6) is 0 Å². The Labute approximate surface area is 95.4 Å². The van der Waals surface area contributed by atoms with Crippen LogP contribution in [0.1, 0.15) is 22.6 Å². The van der Waals surface area contributed by atoms with Crippen molar-refractivity contribution in [3.05, 3.63) is 34.9 Å². The van der Waals surface area contributed by atoms with Gasteiger partial charge in [-0.3, -0.25) is 0 Å². The average Bonchev–Trinajstić information content (AvgIpc) is 2.19. The van der Waals surface area contributed by atoms with Crippen molar-refractivity contribution in [1.29, 1.82) is 0 Å². The van der Waals surface area contributed by atoms with Crippen LogP contribution < -0.4 is 5.73 Å². The quantitative estimate of drug-likeness (QED) is 0.821. The van der Waals surface area contributed by atoms with E-state index >= 15 is 0 Å². The highest BCUT2D eigenvalue weighted by atomic mass is 19.4. The van der Waals surface area contributed by atoms with E-state index in [0.717, 1.165) is 18.2 Å². The molecule has 0 spiro atoms. The summed E-state index contributed by atoms with van der Waals surface area (Å²) in [5.74, 6) is -1.22. The lowest BCUT2D eigenvalue weighted by molar-refractivity contribution is -0.137. The highest BCUT2D eigenvalue weighted by Crippen LogP contribution is 2.33. The molecule has 0 aromatic heterocycles. The van der Waals surface area contributed by atoms with Crippen molar-refractivity contribution in [1.82, 2.24) is 0 Å². The Morgan fingerprint density at radius 1 is 1.24 bits per heavy atom. The van der Waals surface area contributed by atoms with Gasteiger partial charge in [0.1, 0.15) is 0 Å². The second kappa shape index (κ2) is 5.00. The predicted octanol–water partition coefficient (Wildman–Crippen LogP) is 3.32. The summed E-state index contributed by atoms with van der Waals surface area (Å²) in [5.41, 5.74) is 4.69. The van der Waals surface area contributed by atoms with E-state index in [4.69, 9.17) is 5.73 Å². The zero-order chi connectivity index (χ0) is 13.2. The van der Waals surface area contributed by atoms with Crippen molar-refractivity contribution in [2.45, 2.75) is 25.4 Å². The second-order valence-corrected chi connectivity index (χ2v) is 3.75. The molecule has 2 N–H and O–H groups in total. The number of benzene rings is 1. The third kappa shape index (κ3) is 3.15. The summed E-state index contributed by atoms with van der Waals surface area (Å²) in [6.07, 6.45) is -7.15. The molecule has 6 heteroatoms. The highest BCUT2D eigenvalue weighted by Gasteiger charge is 2.31. The molecule has 1 aromatic rings. The van der Waals surface area contributed by atoms with Gasteiger partial charge in [0.05, 0.1) is 11.5 Å². The van der Waals surface area contributed by atoms with E-state index in [-0.39, 0.29) is 17.7 Å². The van der Waals surface area contributed by atoms with Gasteiger partial charge in [0.25, 0.3) is 0 Å². The molecular weight excluding hydrogens is 241 g/mol. The fraction of sp³-hybridized carbons (Fsp3) is 0.455. The molecule has 1 aromatic carbocycles. The van der Waals surface area contributed by atoms with Gasteiger partial charge < -0.3 is 5.73 Å². The Bertz CT molecular complexity index is 386. The minimum absolute atomic E-state index is 0.163. The lowest BCUT2D eigenvalue weighted by Gasteiger charge is -2.18. The molecule has 0 amide bonds. The molecule has 0 saturated heterocycles. The molecule has 0 aliphatic carbocycles. The van der Waals surface area contributed by atoms with Crippen LogP contribution in [0.2, 0.25) is 0 Å². The fourth-order valence-electron chi connectivity index (χ4n) is 1.63. The van der Waals surface area contributed by atoms with Gasteiger partial charge >= 0.3 is 6.18 Å². The SMILES string of the molecule is Cc1cc(C(F)(F)F)ccc1C(CN)C(F)F. The van der Waals surface area contributed by atoms with Crippen LogP contribution in [0, 0.1) is 6.92 Å². The minimum Gasteiger partial charge on any atom is -0.330 e. The van der Waals surface area contributed by atoms with Crippen molar-refractivity contribution < 1.29 is 22.0 Å². The summed E-state index contributed by atoms with van der Waals surface area (Å²) < 4.78 is 62.3. The van der Waals surface area contributed by atoms with Crippen molar-refractivity contribution in [3.8, 4) is 0 Å². The monoisotopic (exact) mass is 253 g/mol.